The zero-order valence-electron chi connectivity index (χ0n) is 8.03. The van der Waals surface area contributed by atoms with Crippen LogP contribution in [-0.2, 0) is 0 Å². The number of ether oxygens (including phenoxy) is 1. The normalized spacial score (nSPS) is 17.9. The van der Waals surface area contributed by atoms with E-state index in [1.165, 1.54) is 13.2 Å². The van der Waals surface area contributed by atoms with Crippen molar-refractivity contribution in [3.8, 4) is 5.88 Å². The van der Waals surface area contributed by atoms with Gasteiger partial charge in [0.05, 0.1) is 13.3 Å². The first kappa shape index (κ1) is 9.40. The van der Waals surface area contributed by atoms with Crippen molar-refractivity contribution in [3.05, 3.63) is 23.6 Å². The van der Waals surface area contributed by atoms with E-state index in [0.717, 1.165) is 19.0 Å². The monoisotopic (exact) mass is 196 g/mol. The van der Waals surface area contributed by atoms with Crippen molar-refractivity contribution in [2.75, 3.05) is 7.11 Å². The van der Waals surface area contributed by atoms with Gasteiger partial charge in [0.2, 0.25) is 5.88 Å². The second-order valence-electron chi connectivity index (χ2n) is 3.62. The van der Waals surface area contributed by atoms with Gasteiger partial charge >= 0.3 is 0 Å². The summed E-state index contributed by atoms with van der Waals surface area (Å²) in [5.41, 5.74) is 6.63. The lowest BCUT2D eigenvalue weighted by Crippen LogP contribution is -2.14. The molecule has 4 heteroatoms. The van der Waals surface area contributed by atoms with E-state index < -0.39 is 0 Å². The first-order valence-electron chi connectivity index (χ1n) is 4.67. The highest BCUT2D eigenvalue weighted by Gasteiger charge is 2.31. The average molecular weight is 196 g/mol. The van der Waals surface area contributed by atoms with E-state index in [9.17, 15) is 4.39 Å². The van der Waals surface area contributed by atoms with Gasteiger partial charge in [0.25, 0.3) is 0 Å². The molecule has 0 amide bonds. The maximum Gasteiger partial charge on any atom is 0.218 e. The average Bonchev–Trinajstić information content (AvgIpc) is 3.00. The molecule has 1 aromatic heterocycles. The Kier molecular flexibility index (Phi) is 2.37. The zero-order chi connectivity index (χ0) is 10.1. The molecule has 3 nitrogen and oxygen atoms in total. The van der Waals surface area contributed by atoms with Crippen LogP contribution < -0.4 is 10.5 Å². The van der Waals surface area contributed by atoms with Crippen molar-refractivity contribution in [1.29, 1.82) is 0 Å². The van der Waals surface area contributed by atoms with Gasteiger partial charge in [0, 0.05) is 11.6 Å². The van der Waals surface area contributed by atoms with E-state index in [-0.39, 0.29) is 11.9 Å². The van der Waals surface area contributed by atoms with E-state index in [4.69, 9.17) is 10.5 Å². The Labute approximate surface area is 82.1 Å². The molecule has 76 valence electrons. The highest BCUT2D eigenvalue weighted by atomic mass is 19.1. The van der Waals surface area contributed by atoms with Crippen LogP contribution >= 0.6 is 0 Å². The van der Waals surface area contributed by atoms with Crippen LogP contribution in [0.5, 0.6) is 5.88 Å². The van der Waals surface area contributed by atoms with Gasteiger partial charge < -0.3 is 10.5 Å². The third-order valence-electron chi connectivity index (χ3n) is 2.53. The zero-order valence-corrected chi connectivity index (χ0v) is 8.03. The predicted molar refractivity (Wildman–Crippen MR) is 50.4 cm³/mol. The first-order valence-corrected chi connectivity index (χ1v) is 4.67. The van der Waals surface area contributed by atoms with E-state index in [1.807, 2.05) is 0 Å². The second kappa shape index (κ2) is 3.53. The quantitative estimate of drug-likeness (QED) is 0.799. The topological polar surface area (TPSA) is 48.1 Å². The van der Waals surface area contributed by atoms with Crippen LogP contribution in [0.25, 0.3) is 0 Å². The van der Waals surface area contributed by atoms with Gasteiger partial charge in [-0.25, -0.2) is 9.37 Å². The van der Waals surface area contributed by atoms with E-state index >= 15 is 0 Å². The van der Waals surface area contributed by atoms with Gasteiger partial charge in [0.15, 0.2) is 0 Å². The number of halogens is 1. The standard InChI is InChI=1S/C10H13FN2O/c1-14-10-8(4-7(11)5-13-10)9(12)6-2-3-6/h4-6,9H,2-3,12H2,1H3/t9-/m0/s1. The molecule has 1 atom stereocenters. The highest BCUT2D eigenvalue weighted by Crippen LogP contribution is 2.41. The molecule has 1 saturated carbocycles. The summed E-state index contributed by atoms with van der Waals surface area (Å²) < 4.78 is 18.0. The lowest BCUT2D eigenvalue weighted by atomic mass is 10.1. The molecule has 0 unspecified atom stereocenters. The van der Waals surface area contributed by atoms with Gasteiger partial charge in [-0.3, -0.25) is 0 Å². The maximum atomic E-state index is 13.0. The summed E-state index contributed by atoms with van der Waals surface area (Å²) >= 11 is 0. The Morgan fingerprint density at radius 2 is 2.36 bits per heavy atom. The number of rotatable bonds is 3. The van der Waals surface area contributed by atoms with E-state index in [1.54, 1.807) is 0 Å². The van der Waals surface area contributed by atoms with Crippen LogP contribution in [-0.4, -0.2) is 12.1 Å². The summed E-state index contributed by atoms with van der Waals surface area (Å²) in [6, 6.07) is 1.27. The van der Waals surface area contributed by atoms with Crippen molar-refractivity contribution < 1.29 is 9.13 Å². The van der Waals surface area contributed by atoms with Gasteiger partial charge in [-0.1, -0.05) is 0 Å². The van der Waals surface area contributed by atoms with Crippen molar-refractivity contribution in [1.82, 2.24) is 4.98 Å². The summed E-state index contributed by atoms with van der Waals surface area (Å²) in [5.74, 6) is 0.537. The van der Waals surface area contributed by atoms with Crippen LogP contribution in [0.1, 0.15) is 24.4 Å². The third kappa shape index (κ3) is 1.70. The minimum absolute atomic E-state index is 0.145. The molecule has 0 radical (unpaired) electrons. The molecular formula is C10H13FN2O. The molecule has 0 aliphatic heterocycles. The highest BCUT2D eigenvalue weighted by molar-refractivity contribution is 5.30. The number of pyridine rings is 1. The summed E-state index contributed by atoms with van der Waals surface area (Å²) in [6.45, 7) is 0. The van der Waals surface area contributed by atoms with Crippen LogP contribution in [0.4, 0.5) is 4.39 Å². The fourth-order valence-electron chi connectivity index (χ4n) is 1.56. The lowest BCUT2D eigenvalue weighted by molar-refractivity contribution is 0.383. The van der Waals surface area contributed by atoms with Crippen molar-refractivity contribution in [3.63, 3.8) is 0 Å². The van der Waals surface area contributed by atoms with Crippen LogP contribution in [0.3, 0.4) is 0 Å². The Morgan fingerprint density at radius 1 is 1.64 bits per heavy atom. The number of hydrogen-bond donors (Lipinski definition) is 1. The van der Waals surface area contributed by atoms with E-state index in [0.29, 0.717) is 17.4 Å². The summed E-state index contributed by atoms with van der Waals surface area (Å²) in [7, 11) is 1.52. The van der Waals surface area contributed by atoms with Gasteiger partial charge in [0.1, 0.15) is 5.82 Å². The van der Waals surface area contributed by atoms with Crippen LogP contribution in [0.15, 0.2) is 12.3 Å². The smallest absolute Gasteiger partial charge is 0.218 e. The molecule has 1 heterocycles. The van der Waals surface area contributed by atoms with Gasteiger partial charge in [-0.2, -0.15) is 0 Å². The van der Waals surface area contributed by atoms with Gasteiger partial charge in [-0.15, -0.1) is 0 Å². The number of methoxy groups -OCH3 is 1. The number of aromatic nitrogens is 1. The summed E-state index contributed by atoms with van der Waals surface area (Å²) in [4.78, 5) is 3.85. The Balaban J connectivity index is 2.32. The minimum atomic E-state index is -0.364. The number of nitrogens with two attached hydrogens (primary N) is 1. The molecule has 14 heavy (non-hydrogen) atoms. The second-order valence-corrected chi connectivity index (χ2v) is 3.62. The third-order valence-corrected chi connectivity index (χ3v) is 2.53. The van der Waals surface area contributed by atoms with Crippen molar-refractivity contribution in [2.24, 2.45) is 11.7 Å². The molecule has 0 aromatic carbocycles. The molecule has 0 saturated heterocycles. The SMILES string of the molecule is COc1ncc(F)cc1[C@@H](N)C1CC1. The Bertz CT molecular complexity index is 339. The van der Waals surface area contributed by atoms with Crippen molar-refractivity contribution in [2.45, 2.75) is 18.9 Å². The Morgan fingerprint density at radius 3 is 2.93 bits per heavy atom. The fourth-order valence-corrected chi connectivity index (χ4v) is 1.56. The van der Waals surface area contributed by atoms with Crippen molar-refractivity contribution >= 4 is 0 Å². The number of nitrogens with zero attached hydrogens (tertiary/aromatic N) is 1. The largest absolute Gasteiger partial charge is 0.481 e. The van der Waals surface area contributed by atoms with Crippen LogP contribution in [0.2, 0.25) is 0 Å². The predicted octanol–water partition coefficient (Wildman–Crippen LogP) is 1.64. The molecule has 1 aliphatic rings. The fraction of sp³-hybridized carbons (Fsp3) is 0.500. The number of hydrogen-bond acceptors (Lipinski definition) is 3. The summed E-state index contributed by atoms with van der Waals surface area (Å²) in [5, 5.41) is 0. The molecular weight excluding hydrogens is 183 g/mol. The molecule has 1 aliphatic carbocycles. The molecule has 0 bridgehead atoms. The first-order chi connectivity index (χ1) is 6.72. The lowest BCUT2D eigenvalue weighted by Gasteiger charge is -2.13. The minimum Gasteiger partial charge on any atom is -0.481 e. The molecule has 2 N–H and O–H groups in total. The Hall–Kier alpha value is -1.16. The molecule has 1 fully saturated rings. The van der Waals surface area contributed by atoms with E-state index in [2.05, 4.69) is 4.98 Å². The summed E-state index contributed by atoms with van der Waals surface area (Å²) in [6.07, 6.45) is 3.36. The maximum absolute atomic E-state index is 13.0. The molecule has 2 rings (SSSR count). The molecule has 1 aromatic rings. The van der Waals surface area contributed by atoms with Crippen LogP contribution in [0, 0.1) is 11.7 Å². The van der Waals surface area contributed by atoms with Gasteiger partial charge in [-0.05, 0) is 24.8 Å². The molecule has 0 spiro atoms.